The summed E-state index contributed by atoms with van der Waals surface area (Å²) in [5.74, 6) is 0.148. The maximum atomic E-state index is 13.4. The standard InChI is InChI=1S/C26H34Cl2N2O3/c1-7-18(5)29-26(32)23(8-2)30(14-20-21(27)10-9-11-22(20)28)25(31)15-33-24-13-16(3)12-17(4)19(24)6/h9-13,18,23H,7-8,14-15H2,1-6H3,(H,29,32)/t18-,23+/m1/s1. The van der Waals surface area contributed by atoms with Gasteiger partial charge in [0.2, 0.25) is 5.91 Å². The van der Waals surface area contributed by atoms with Crippen LogP contribution >= 0.6 is 23.2 Å². The summed E-state index contributed by atoms with van der Waals surface area (Å²) >= 11 is 12.8. The first-order chi connectivity index (χ1) is 15.6. The summed E-state index contributed by atoms with van der Waals surface area (Å²) in [7, 11) is 0. The van der Waals surface area contributed by atoms with E-state index in [-0.39, 0.29) is 31.0 Å². The zero-order chi connectivity index (χ0) is 24.7. The fraction of sp³-hybridized carbons (Fsp3) is 0.462. The summed E-state index contributed by atoms with van der Waals surface area (Å²) in [6.07, 6.45) is 1.24. The molecule has 2 amide bonds. The fourth-order valence-corrected chi connectivity index (χ4v) is 4.10. The Hall–Kier alpha value is -2.24. The van der Waals surface area contributed by atoms with Crippen molar-refractivity contribution in [1.29, 1.82) is 0 Å². The molecule has 0 spiro atoms. The van der Waals surface area contributed by atoms with Crippen LogP contribution in [0, 0.1) is 20.8 Å². The Kier molecular flexibility index (Phi) is 10.1. The van der Waals surface area contributed by atoms with Crippen molar-refractivity contribution in [2.75, 3.05) is 6.61 Å². The molecule has 0 radical (unpaired) electrons. The maximum absolute atomic E-state index is 13.4. The smallest absolute Gasteiger partial charge is 0.261 e. The summed E-state index contributed by atoms with van der Waals surface area (Å²) in [5, 5.41) is 3.88. The molecule has 0 aliphatic heterocycles. The van der Waals surface area contributed by atoms with Crippen molar-refractivity contribution in [3.05, 3.63) is 62.6 Å². The number of halogens is 2. The number of nitrogens with zero attached hydrogens (tertiary/aromatic N) is 1. The first-order valence-corrected chi connectivity index (χ1v) is 12.1. The van der Waals surface area contributed by atoms with Crippen molar-refractivity contribution >= 4 is 35.0 Å². The first-order valence-electron chi connectivity index (χ1n) is 11.3. The lowest BCUT2D eigenvalue weighted by atomic mass is 10.1. The van der Waals surface area contributed by atoms with Crippen LogP contribution in [0.5, 0.6) is 5.75 Å². The van der Waals surface area contributed by atoms with Crippen molar-refractivity contribution in [3.8, 4) is 5.75 Å². The van der Waals surface area contributed by atoms with E-state index >= 15 is 0 Å². The SMILES string of the molecule is CC[C@@H](C)NC(=O)[C@H](CC)N(Cc1c(Cl)cccc1Cl)C(=O)COc1cc(C)cc(C)c1C. The monoisotopic (exact) mass is 492 g/mol. The quantitative estimate of drug-likeness (QED) is 0.440. The number of ether oxygens (including phenoxy) is 1. The highest BCUT2D eigenvalue weighted by Crippen LogP contribution is 2.28. The van der Waals surface area contributed by atoms with Gasteiger partial charge in [0.05, 0.1) is 0 Å². The average Bonchev–Trinajstić information content (AvgIpc) is 2.76. The summed E-state index contributed by atoms with van der Waals surface area (Å²) in [6.45, 7) is 11.7. The molecule has 0 heterocycles. The van der Waals surface area contributed by atoms with E-state index in [1.165, 1.54) is 4.90 Å². The Morgan fingerprint density at radius 1 is 1.06 bits per heavy atom. The Morgan fingerprint density at radius 3 is 2.27 bits per heavy atom. The molecule has 7 heteroatoms. The largest absolute Gasteiger partial charge is 0.483 e. The van der Waals surface area contributed by atoms with Gasteiger partial charge >= 0.3 is 0 Å². The lowest BCUT2D eigenvalue weighted by Crippen LogP contribution is -2.51. The molecule has 0 aliphatic carbocycles. The minimum Gasteiger partial charge on any atom is -0.483 e. The molecule has 2 atom stereocenters. The molecule has 0 fully saturated rings. The van der Waals surface area contributed by atoms with Gasteiger partial charge in [0.15, 0.2) is 6.61 Å². The summed E-state index contributed by atoms with van der Waals surface area (Å²) in [5.41, 5.74) is 3.73. The molecule has 0 unspecified atom stereocenters. The molecule has 0 saturated heterocycles. The third-order valence-electron chi connectivity index (χ3n) is 5.89. The van der Waals surface area contributed by atoms with Gasteiger partial charge in [-0.25, -0.2) is 0 Å². The van der Waals surface area contributed by atoms with Gasteiger partial charge in [-0.2, -0.15) is 0 Å². The van der Waals surface area contributed by atoms with Gasteiger partial charge in [0, 0.05) is 28.2 Å². The Balaban J connectivity index is 2.34. The summed E-state index contributed by atoms with van der Waals surface area (Å²) in [4.78, 5) is 28.0. The molecule has 0 aliphatic rings. The van der Waals surface area contributed by atoms with Gasteiger partial charge in [0.25, 0.3) is 5.91 Å². The van der Waals surface area contributed by atoms with Crippen LogP contribution in [-0.2, 0) is 16.1 Å². The molecular weight excluding hydrogens is 459 g/mol. The van der Waals surface area contributed by atoms with Crippen molar-refractivity contribution in [1.82, 2.24) is 10.2 Å². The molecule has 2 aromatic carbocycles. The van der Waals surface area contributed by atoms with E-state index in [9.17, 15) is 9.59 Å². The van der Waals surface area contributed by atoms with Crippen LogP contribution in [-0.4, -0.2) is 35.4 Å². The molecular formula is C26H34Cl2N2O3. The highest BCUT2D eigenvalue weighted by Gasteiger charge is 2.30. The van der Waals surface area contributed by atoms with Crippen molar-refractivity contribution < 1.29 is 14.3 Å². The number of rotatable bonds is 10. The number of carbonyl (C=O) groups is 2. The molecule has 2 aromatic rings. The third-order valence-corrected chi connectivity index (χ3v) is 6.60. The molecule has 33 heavy (non-hydrogen) atoms. The maximum Gasteiger partial charge on any atom is 0.261 e. The van der Waals surface area contributed by atoms with Crippen LogP contribution < -0.4 is 10.1 Å². The molecule has 0 aromatic heterocycles. The molecule has 0 saturated carbocycles. The number of hydrogen-bond acceptors (Lipinski definition) is 3. The van der Waals surface area contributed by atoms with Crippen molar-refractivity contribution in [2.45, 2.75) is 73.0 Å². The average molecular weight is 493 g/mol. The molecule has 180 valence electrons. The van der Waals surface area contributed by atoms with Crippen LogP contribution in [0.3, 0.4) is 0 Å². The zero-order valence-electron chi connectivity index (χ0n) is 20.3. The van der Waals surface area contributed by atoms with E-state index in [0.29, 0.717) is 27.8 Å². The normalized spacial score (nSPS) is 12.7. The topological polar surface area (TPSA) is 58.6 Å². The van der Waals surface area contributed by atoms with Crippen molar-refractivity contribution in [2.24, 2.45) is 0 Å². The minimum absolute atomic E-state index is 0.00146. The summed E-state index contributed by atoms with van der Waals surface area (Å²) in [6, 6.07) is 8.51. The van der Waals surface area contributed by atoms with Gasteiger partial charge in [0.1, 0.15) is 11.8 Å². The molecule has 1 N–H and O–H groups in total. The predicted octanol–water partition coefficient (Wildman–Crippen LogP) is 6.02. The first kappa shape index (κ1) is 27.0. The number of benzene rings is 2. The lowest BCUT2D eigenvalue weighted by molar-refractivity contribution is -0.143. The zero-order valence-corrected chi connectivity index (χ0v) is 21.8. The van der Waals surface area contributed by atoms with Crippen molar-refractivity contribution in [3.63, 3.8) is 0 Å². The number of amides is 2. The number of carbonyl (C=O) groups excluding carboxylic acids is 2. The second kappa shape index (κ2) is 12.3. The molecule has 2 rings (SSSR count). The highest BCUT2D eigenvalue weighted by atomic mass is 35.5. The third kappa shape index (κ3) is 7.12. The van der Waals surface area contributed by atoms with E-state index < -0.39 is 6.04 Å². The number of nitrogens with one attached hydrogen (secondary N) is 1. The van der Waals surface area contributed by atoms with E-state index in [2.05, 4.69) is 11.4 Å². The van der Waals surface area contributed by atoms with E-state index in [1.54, 1.807) is 18.2 Å². The second-order valence-electron chi connectivity index (χ2n) is 8.46. The molecule has 5 nitrogen and oxygen atoms in total. The van der Waals surface area contributed by atoms with Crippen LogP contribution in [0.4, 0.5) is 0 Å². The van der Waals surface area contributed by atoms with Gasteiger partial charge in [-0.1, -0.05) is 49.2 Å². The van der Waals surface area contributed by atoms with Gasteiger partial charge in [-0.3, -0.25) is 9.59 Å². The summed E-state index contributed by atoms with van der Waals surface area (Å²) < 4.78 is 5.93. The van der Waals surface area contributed by atoms with Crippen LogP contribution in [0.1, 0.15) is 55.9 Å². The van der Waals surface area contributed by atoms with Gasteiger partial charge in [-0.15, -0.1) is 0 Å². The number of hydrogen-bond donors (Lipinski definition) is 1. The Bertz CT molecular complexity index is 973. The second-order valence-corrected chi connectivity index (χ2v) is 9.27. The van der Waals surface area contributed by atoms with Gasteiger partial charge < -0.3 is 15.0 Å². The van der Waals surface area contributed by atoms with E-state index in [4.69, 9.17) is 27.9 Å². The number of aryl methyl sites for hydroxylation is 2. The Labute approximate surface area is 207 Å². The Morgan fingerprint density at radius 2 is 1.70 bits per heavy atom. The van der Waals surface area contributed by atoms with Crippen LogP contribution in [0.2, 0.25) is 10.0 Å². The lowest BCUT2D eigenvalue weighted by Gasteiger charge is -2.32. The van der Waals surface area contributed by atoms with Gasteiger partial charge in [-0.05, 0) is 75.4 Å². The predicted molar refractivity (Wildman–Crippen MR) is 135 cm³/mol. The molecule has 0 bridgehead atoms. The minimum atomic E-state index is -0.678. The highest BCUT2D eigenvalue weighted by molar-refractivity contribution is 6.36. The van der Waals surface area contributed by atoms with E-state index in [1.807, 2.05) is 47.6 Å². The van der Waals surface area contributed by atoms with Crippen LogP contribution in [0.25, 0.3) is 0 Å². The fourth-order valence-electron chi connectivity index (χ4n) is 3.59. The van der Waals surface area contributed by atoms with Crippen LogP contribution in [0.15, 0.2) is 30.3 Å². The van der Waals surface area contributed by atoms with E-state index in [0.717, 1.165) is 23.1 Å².